The molecule has 29 heavy (non-hydrogen) atoms. The lowest BCUT2D eigenvalue weighted by Crippen LogP contribution is -2.33. The van der Waals surface area contributed by atoms with E-state index in [1.807, 2.05) is 49.4 Å². The number of benzene rings is 2. The van der Waals surface area contributed by atoms with Crippen molar-refractivity contribution in [2.75, 3.05) is 0 Å². The molecule has 2 heterocycles. The molecule has 146 valence electrons. The number of hydrogen-bond donors (Lipinski definition) is 1. The predicted octanol–water partition coefficient (Wildman–Crippen LogP) is 4.80. The number of halogens is 1. The van der Waals surface area contributed by atoms with Gasteiger partial charge in [-0.05, 0) is 49.1 Å². The van der Waals surface area contributed by atoms with Gasteiger partial charge in [0.1, 0.15) is 5.69 Å². The second-order valence-corrected chi connectivity index (χ2v) is 7.48. The summed E-state index contributed by atoms with van der Waals surface area (Å²) in [5, 5.41) is 8.01. The third kappa shape index (κ3) is 4.46. The van der Waals surface area contributed by atoms with Crippen molar-refractivity contribution >= 4 is 23.2 Å². The summed E-state index contributed by atoms with van der Waals surface area (Å²) < 4.78 is 1.66. The maximum atomic E-state index is 12.7. The number of aromatic nitrogens is 3. The second-order valence-electron chi connectivity index (χ2n) is 7.05. The molecule has 1 N–H and O–H groups in total. The zero-order valence-corrected chi connectivity index (χ0v) is 16.8. The van der Waals surface area contributed by atoms with Crippen molar-refractivity contribution < 1.29 is 4.79 Å². The number of amides is 1. The van der Waals surface area contributed by atoms with Gasteiger partial charge in [-0.25, -0.2) is 9.50 Å². The number of nitrogens with one attached hydrogen (secondary N) is 1. The Kier molecular flexibility index (Phi) is 5.58. The van der Waals surface area contributed by atoms with Crippen LogP contribution in [0.1, 0.15) is 29.4 Å². The summed E-state index contributed by atoms with van der Waals surface area (Å²) >= 11 is 6.11. The molecule has 6 heteroatoms. The minimum Gasteiger partial charge on any atom is -0.348 e. The molecule has 4 rings (SSSR count). The summed E-state index contributed by atoms with van der Waals surface area (Å²) in [4.78, 5) is 17.3. The van der Waals surface area contributed by atoms with Gasteiger partial charge in [0.25, 0.3) is 5.91 Å². The Hall–Kier alpha value is -3.18. The molecule has 0 radical (unpaired) electrons. The van der Waals surface area contributed by atoms with Crippen molar-refractivity contribution in [1.82, 2.24) is 19.9 Å². The van der Waals surface area contributed by atoms with Gasteiger partial charge in [-0.2, -0.15) is 5.10 Å². The third-order valence-electron chi connectivity index (χ3n) is 4.82. The topological polar surface area (TPSA) is 59.3 Å². The van der Waals surface area contributed by atoms with Crippen molar-refractivity contribution in [2.45, 2.75) is 25.8 Å². The summed E-state index contributed by atoms with van der Waals surface area (Å²) in [5.74, 6) is -0.189. The van der Waals surface area contributed by atoms with Crippen molar-refractivity contribution in [3.05, 3.63) is 89.3 Å². The first-order valence-electron chi connectivity index (χ1n) is 9.55. The predicted molar refractivity (Wildman–Crippen MR) is 115 cm³/mol. The van der Waals surface area contributed by atoms with E-state index in [-0.39, 0.29) is 11.9 Å². The number of rotatable bonds is 6. The lowest BCUT2D eigenvalue weighted by Gasteiger charge is -2.13. The molecule has 4 aromatic rings. The summed E-state index contributed by atoms with van der Waals surface area (Å²) in [6, 6.07) is 19.5. The zero-order valence-electron chi connectivity index (χ0n) is 16.0. The van der Waals surface area contributed by atoms with Gasteiger partial charge < -0.3 is 5.32 Å². The maximum absolute atomic E-state index is 12.7. The highest BCUT2D eigenvalue weighted by atomic mass is 35.5. The summed E-state index contributed by atoms with van der Waals surface area (Å²) in [5.41, 5.74) is 4.00. The normalized spacial score (nSPS) is 12.1. The number of fused-ring (bicyclic) bond motifs is 1. The van der Waals surface area contributed by atoms with Gasteiger partial charge in [-0.1, -0.05) is 54.1 Å². The zero-order chi connectivity index (χ0) is 20.2. The van der Waals surface area contributed by atoms with Crippen LogP contribution in [-0.2, 0) is 6.42 Å². The Morgan fingerprint density at radius 3 is 2.76 bits per heavy atom. The van der Waals surface area contributed by atoms with Crippen LogP contribution in [-0.4, -0.2) is 26.5 Å². The van der Waals surface area contributed by atoms with Gasteiger partial charge in [0.15, 0.2) is 5.65 Å². The van der Waals surface area contributed by atoms with Crippen LogP contribution in [0.4, 0.5) is 0 Å². The lowest BCUT2D eigenvalue weighted by atomic mass is 10.1. The lowest BCUT2D eigenvalue weighted by molar-refractivity contribution is 0.0933. The van der Waals surface area contributed by atoms with Crippen LogP contribution in [0.15, 0.2) is 73.1 Å². The van der Waals surface area contributed by atoms with Crippen LogP contribution < -0.4 is 5.32 Å². The van der Waals surface area contributed by atoms with Gasteiger partial charge in [-0.15, -0.1) is 0 Å². The van der Waals surface area contributed by atoms with E-state index >= 15 is 0 Å². The Labute approximate surface area is 174 Å². The van der Waals surface area contributed by atoms with Crippen LogP contribution in [0.2, 0.25) is 5.02 Å². The number of aryl methyl sites for hydroxylation is 1. The number of carbonyl (C=O) groups excluding carboxylic acids is 1. The highest BCUT2D eigenvalue weighted by molar-refractivity contribution is 6.30. The molecule has 0 aliphatic carbocycles. The number of hydrogen-bond acceptors (Lipinski definition) is 3. The van der Waals surface area contributed by atoms with E-state index < -0.39 is 0 Å². The molecule has 0 aliphatic heterocycles. The van der Waals surface area contributed by atoms with E-state index in [1.165, 1.54) is 5.56 Å². The van der Waals surface area contributed by atoms with Crippen molar-refractivity contribution in [3.8, 4) is 11.1 Å². The molecule has 5 nitrogen and oxygen atoms in total. The first-order valence-corrected chi connectivity index (χ1v) is 9.93. The molecular weight excluding hydrogens is 384 g/mol. The van der Waals surface area contributed by atoms with Crippen LogP contribution in [0.5, 0.6) is 0 Å². The van der Waals surface area contributed by atoms with Crippen LogP contribution in [0.3, 0.4) is 0 Å². The van der Waals surface area contributed by atoms with Crippen LogP contribution in [0, 0.1) is 0 Å². The summed E-state index contributed by atoms with van der Waals surface area (Å²) in [6.07, 6.45) is 5.26. The highest BCUT2D eigenvalue weighted by Gasteiger charge is 2.15. The van der Waals surface area contributed by atoms with E-state index in [0.717, 1.165) is 24.0 Å². The molecule has 0 saturated heterocycles. The smallest absolute Gasteiger partial charge is 0.270 e. The molecule has 2 aromatic carbocycles. The Bertz CT molecular complexity index is 1140. The van der Waals surface area contributed by atoms with Gasteiger partial charge in [-0.3, -0.25) is 4.79 Å². The van der Waals surface area contributed by atoms with Crippen molar-refractivity contribution in [3.63, 3.8) is 0 Å². The molecular formula is C23H21ClN4O. The molecule has 2 aromatic heterocycles. The van der Waals surface area contributed by atoms with E-state index in [0.29, 0.717) is 16.4 Å². The fourth-order valence-electron chi connectivity index (χ4n) is 3.25. The van der Waals surface area contributed by atoms with Crippen LogP contribution in [0.25, 0.3) is 16.8 Å². The molecule has 0 spiro atoms. The van der Waals surface area contributed by atoms with Crippen LogP contribution >= 0.6 is 11.6 Å². The SMILES string of the molecule is C[C@@H](CCc1ccccc1)NC(=O)c1ccn2ncc(-c3cccc(Cl)c3)c2n1. The van der Waals surface area contributed by atoms with Crippen molar-refractivity contribution in [2.24, 2.45) is 0 Å². The number of nitrogens with zero attached hydrogens (tertiary/aromatic N) is 3. The third-order valence-corrected chi connectivity index (χ3v) is 5.06. The molecule has 0 unspecified atom stereocenters. The molecule has 1 atom stereocenters. The van der Waals surface area contributed by atoms with E-state index in [9.17, 15) is 4.79 Å². The molecule has 0 bridgehead atoms. The maximum Gasteiger partial charge on any atom is 0.270 e. The van der Waals surface area contributed by atoms with E-state index in [4.69, 9.17) is 11.6 Å². The first-order chi connectivity index (χ1) is 14.1. The molecule has 0 saturated carbocycles. The summed E-state index contributed by atoms with van der Waals surface area (Å²) in [7, 11) is 0. The quantitative estimate of drug-likeness (QED) is 0.502. The standard InChI is InChI=1S/C23H21ClN4O/c1-16(10-11-17-6-3-2-4-7-17)26-23(29)21-12-13-28-22(27-21)20(15-25-28)18-8-5-9-19(24)14-18/h2-9,12-16H,10-11H2,1H3,(H,26,29)/t16-/m0/s1. The number of carbonyl (C=O) groups is 1. The molecule has 0 aliphatic rings. The van der Waals surface area contributed by atoms with Crippen molar-refractivity contribution in [1.29, 1.82) is 0 Å². The Balaban J connectivity index is 1.50. The molecule has 0 fully saturated rings. The van der Waals surface area contributed by atoms with Gasteiger partial charge >= 0.3 is 0 Å². The monoisotopic (exact) mass is 404 g/mol. The fraction of sp³-hybridized carbons (Fsp3) is 0.174. The van der Waals surface area contributed by atoms with Gasteiger partial charge in [0.05, 0.1) is 6.20 Å². The summed E-state index contributed by atoms with van der Waals surface area (Å²) in [6.45, 7) is 2.01. The second kappa shape index (κ2) is 8.45. The average Bonchev–Trinajstić information content (AvgIpc) is 3.16. The largest absolute Gasteiger partial charge is 0.348 e. The van der Waals surface area contributed by atoms with Gasteiger partial charge in [0.2, 0.25) is 0 Å². The first kappa shape index (κ1) is 19.2. The fourth-order valence-corrected chi connectivity index (χ4v) is 3.44. The minimum atomic E-state index is -0.189. The van der Waals surface area contributed by atoms with Gasteiger partial charge in [0, 0.05) is 22.8 Å². The highest BCUT2D eigenvalue weighted by Crippen LogP contribution is 2.25. The molecule has 1 amide bonds. The minimum absolute atomic E-state index is 0.0399. The Morgan fingerprint density at radius 1 is 1.14 bits per heavy atom. The average molecular weight is 405 g/mol. The van der Waals surface area contributed by atoms with E-state index in [1.54, 1.807) is 23.0 Å². The van der Waals surface area contributed by atoms with E-state index in [2.05, 4.69) is 27.5 Å². The Morgan fingerprint density at radius 2 is 1.97 bits per heavy atom.